The molecule has 9 nitrogen and oxygen atoms in total. The molecule has 1 saturated heterocycles. The van der Waals surface area contributed by atoms with E-state index in [1.807, 2.05) is 6.07 Å². The molecule has 0 spiro atoms. The van der Waals surface area contributed by atoms with Crippen molar-refractivity contribution in [2.75, 3.05) is 13.1 Å². The highest BCUT2D eigenvalue weighted by atomic mass is 19.4. The molecule has 0 aliphatic carbocycles. The number of hydrogen-bond acceptors (Lipinski definition) is 5. The lowest BCUT2D eigenvalue weighted by Crippen LogP contribution is -2.46. The molecule has 4 aromatic rings. The fourth-order valence-corrected chi connectivity index (χ4v) is 4.79. The highest BCUT2D eigenvalue weighted by Gasteiger charge is 2.32. The Hall–Kier alpha value is -4.63. The van der Waals surface area contributed by atoms with Crippen molar-refractivity contribution in [3.05, 3.63) is 88.1 Å². The molecule has 200 valence electrons. The van der Waals surface area contributed by atoms with Crippen LogP contribution >= 0.6 is 0 Å². The van der Waals surface area contributed by atoms with Gasteiger partial charge in [0.25, 0.3) is 0 Å². The van der Waals surface area contributed by atoms with Gasteiger partial charge in [0.2, 0.25) is 0 Å². The molecule has 1 aliphatic rings. The van der Waals surface area contributed by atoms with Crippen LogP contribution in [0.5, 0.6) is 0 Å². The number of halogens is 3. The van der Waals surface area contributed by atoms with E-state index < -0.39 is 23.5 Å². The third-order valence-electron chi connectivity index (χ3n) is 6.71. The minimum Gasteiger partial charge on any atom is -0.334 e. The van der Waals surface area contributed by atoms with Gasteiger partial charge in [-0.3, -0.25) is 4.57 Å². The number of nitrogens with one attached hydrogen (secondary N) is 2. The lowest BCUT2D eigenvalue weighted by atomic mass is 10.1. The average Bonchev–Trinajstić information content (AvgIpc) is 3.50. The molecule has 0 saturated carbocycles. The van der Waals surface area contributed by atoms with Crippen LogP contribution in [-0.4, -0.2) is 44.1 Å². The van der Waals surface area contributed by atoms with Crippen molar-refractivity contribution in [1.82, 2.24) is 29.5 Å². The molecule has 5 rings (SSSR count). The summed E-state index contributed by atoms with van der Waals surface area (Å²) in [5, 5.41) is 19.6. The number of carbonyl (C=O) groups excluding carboxylic acids is 1. The Kier molecular flexibility index (Phi) is 6.84. The molecule has 1 aliphatic heterocycles. The third-order valence-corrected chi connectivity index (χ3v) is 6.71. The van der Waals surface area contributed by atoms with Crippen LogP contribution < -0.4 is 16.3 Å². The van der Waals surface area contributed by atoms with E-state index in [0.717, 1.165) is 21.3 Å². The van der Waals surface area contributed by atoms with Crippen LogP contribution in [0, 0.1) is 18.3 Å². The summed E-state index contributed by atoms with van der Waals surface area (Å²) in [6.45, 7) is 2.99. The number of benzene rings is 2. The Morgan fingerprint density at radius 1 is 1.10 bits per heavy atom. The smallest absolute Gasteiger partial charge is 0.334 e. The fourth-order valence-electron chi connectivity index (χ4n) is 4.79. The molecule has 3 heterocycles. The van der Waals surface area contributed by atoms with E-state index in [2.05, 4.69) is 15.7 Å². The van der Waals surface area contributed by atoms with Gasteiger partial charge in [-0.25, -0.2) is 18.8 Å². The van der Waals surface area contributed by atoms with Crippen LogP contribution in [-0.2, 0) is 6.18 Å². The second-order valence-electron chi connectivity index (χ2n) is 9.20. The number of piperidine rings is 1. The van der Waals surface area contributed by atoms with Crippen LogP contribution in [0.25, 0.3) is 22.8 Å². The van der Waals surface area contributed by atoms with Gasteiger partial charge in [0, 0.05) is 6.04 Å². The van der Waals surface area contributed by atoms with Gasteiger partial charge in [-0.2, -0.15) is 23.5 Å². The van der Waals surface area contributed by atoms with E-state index in [4.69, 9.17) is 5.26 Å². The zero-order valence-corrected chi connectivity index (χ0v) is 20.9. The third kappa shape index (κ3) is 4.96. The average molecular weight is 536 g/mol. The van der Waals surface area contributed by atoms with Gasteiger partial charge in [0.1, 0.15) is 5.69 Å². The second kappa shape index (κ2) is 10.3. The molecule has 1 amide bonds. The van der Waals surface area contributed by atoms with Crippen molar-refractivity contribution in [3.63, 3.8) is 0 Å². The monoisotopic (exact) mass is 535 g/mol. The first-order valence-corrected chi connectivity index (χ1v) is 12.3. The van der Waals surface area contributed by atoms with Crippen molar-refractivity contribution in [3.8, 4) is 28.8 Å². The van der Waals surface area contributed by atoms with Crippen LogP contribution in [0.3, 0.4) is 0 Å². The summed E-state index contributed by atoms with van der Waals surface area (Å²) in [7, 11) is 0. The summed E-state index contributed by atoms with van der Waals surface area (Å²) >= 11 is 0. The fraction of sp³-hybridized carbons (Fsp3) is 0.259. The Labute approximate surface area is 221 Å². The predicted molar refractivity (Wildman–Crippen MR) is 137 cm³/mol. The second-order valence-corrected chi connectivity index (χ2v) is 9.20. The molecular weight excluding hydrogens is 511 g/mol. The Bertz CT molecular complexity index is 1620. The highest BCUT2D eigenvalue weighted by Crippen LogP contribution is 2.32. The summed E-state index contributed by atoms with van der Waals surface area (Å²) in [5.41, 5.74) is 0.0894. The maximum atomic E-state index is 13.8. The molecule has 0 atom stereocenters. The lowest BCUT2D eigenvalue weighted by molar-refractivity contribution is -0.137. The number of nitrogens with zero attached hydrogens (tertiary/aromatic N) is 5. The summed E-state index contributed by atoms with van der Waals surface area (Å²) in [6.07, 6.45) is -1.77. The van der Waals surface area contributed by atoms with Crippen molar-refractivity contribution in [1.29, 1.82) is 5.26 Å². The molecule has 2 aromatic carbocycles. The normalized spacial score (nSPS) is 14.2. The van der Waals surface area contributed by atoms with E-state index in [-0.39, 0.29) is 23.1 Å². The van der Waals surface area contributed by atoms with Crippen LogP contribution in [0.4, 0.5) is 18.0 Å². The Morgan fingerprint density at radius 2 is 1.82 bits per heavy atom. The van der Waals surface area contributed by atoms with E-state index in [9.17, 15) is 22.8 Å². The van der Waals surface area contributed by atoms with Gasteiger partial charge in [-0.15, -0.1) is 0 Å². The van der Waals surface area contributed by atoms with Crippen LogP contribution in [0.2, 0.25) is 0 Å². The Balaban J connectivity index is 1.69. The first kappa shape index (κ1) is 26.0. The summed E-state index contributed by atoms with van der Waals surface area (Å²) in [6, 6.07) is 13.8. The van der Waals surface area contributed by atoms with Gasteiger partial charge < -0.3 is 10.6 Å². The van der Waals surface area contributed by atoms with E-state index in [1.165, 1.54) is 23.0 Å². The number of imidazole rings is 1. The molecule has 0 radical (unpaired) electrons. The minimum absolute atomic E-state index is 0.0218. The molecule has 39 heavy (non-hydrogen) atoms. The van der Waals surface area contributed by atoms with Gasteiger partial charge >= 0.3 is 17.9 Å². The van der Waals surface area contributed by atoms with E-state index in [1.54, 1.807) is 37.3 Å². The van der Waals surface area contributed by atoms with E-state index >= 15 is 0 Å². The SMILES string of the molecule is Cc1c(-c2ccnn2-c2ccc(C#N)cc2)n(C(=O)NC2CCNCC2)c(=O)n1-c1cccc(C(F)(F)F)c1. The summed E-state index contributed by atoms with van der Waals surface area (Å²) < 4.78 is 44.0. The van der Waals surface area contributed by atoms with Crippen molar-refractivity contribution >= 4 is 6.03 Å². The highest BCUT2D eigenvalue weighted by molar-refractivity contribution is 5.83. The first-order chi connectivity index (χ1) is 18.7. The van der Waals surface area contributed by atoms with Gasteiger partial charge in [-0.1, -0.05) is 6.07 Å². The van der Waals surface area contributed by atoms with Crippen LogP contribution in [0.1, 0.15) is 29.7 Å². The summed E-state index contributed by atoms with van der Waals surface area (Å²) in [5.74, 6) is 0. The molecule has 0 unspecified atom stereocenters. The van der Waals surface area contributed by atoms with Gasteiger partial charge in [0.15, 0.2) is 0 Å². The van der Waals surface area contributed by atoms with Crippen molar-refractivity contribution in [2.45, 2.75) is 32.0 Å². The van der Waals surface area contributed by atoms with Crippen LogP contribution in [0.15, 0.2) is 65.6 Å². The standard InChI is InChI=1S/C27H24F3N7O2/c1-17-24(23-11-14-33-37(23)21-7-5-18(16-31)6-8-21)36(25(38)34-20-9-12-32-13-10-20)26(39)35(17)22-4-2-3-19(15-22)27(28,29)30/h2-8,11,14-15,20,32H,9-10,12-13H2,1H3,(H,34,38). The molecule has 0 bridgehead atoms. The molecule has 12 heteroatoms. The molecule has 1 fully saturated rings. The maximum absolute atomic E-state index is 13.8. The van der Waals surface area contributed by atoms with E-state index in [0.29, 0.717) is 42.9 Å². The number of amides is 1. The van der Waals surface area contributed by atoms with Gasteiger partial charge in [0.05, 0.1) is 46.2 Å². The predicted octanol–water partition coefficient (Wildman–Crippen LogP) is 4.00. The lowest BCUT2D eigenvalue weighted by Gasteiger charge is -2.23. The van der Waals surface area contributed by atoms with Crippen molar-refractivity contribution in [2.24, 2.45) is 0 Å². The number of nitriles is 1. The largest absolute Gasteiger partial charge is 0.416 e. The number of carbonyl (C=O) groups is 1. The molecule has 2 N–H and O–H groups in total. The molecule has 2 aromatic heterocycles. The minimum atomic E-state index is -4.61. The topological polar surface area (TPSA) is 110 Å². The van der Waals surface area contributed by atoms with Gasteiger partial charge in [-0.05, 0) is 81.4 Å². The quantitative estimate of drug-likeness (QED) is 0.411. The Morgan fingerprint density at radius 3 is 2.49 bits per heavy atom. The number of hydrogen-bond donors (Lipinski definition) is 2. The zero-order chi connectivity index (χ0) is 27.7. The number of aromatic nitrogens is 4. The summed E-state index contributed by atoms with van der Waals surface area (Å²) in [4.78, 5) is 27.4. The first-order valence-electron chi connectivity index (χ1n) is 12.3. The number of alkyl halides is 3. The maximum Gasteiger partial charge on any atom is 0.416 e. The number of rotatable bonds is 4. The van der Waals surface area contributed by atoms with Crippen molar-refractivity contribution < 1.29 is 18.0 Å². The molecular formula is C27H24F3N7O2. The zero-order valence-electron chi connectivity index (χ0n) is 20.9.